The zero-order valence-corrected chi connectivity index (χ0v) is 22.4. The van der Waals surface area contributed by atoms with E-state index in [1.54, 1.807) is 0 Å². The van der Waals surface area contributed by atoms with Crippen molar-refractivity contribution in [3.63, 3.8) is 0 Å². The molecule has 0 spiro atoms. The number of nitrogen functional groups attached to an aromatic ring is 2. The Labute approximate surface area is 234 Å². The summed E-state index contributed by atoms with van der Waals surface area (Å²) in [4.78, 5) is 41.6. The number of aromatic nitrogens is 9. The molecule has 3 aliphatic rings. The molecule has 4 aromatic rings. The van der Waals surface area contributed by atoms with Crippen molar-refractivity contribution in [1.82, 2.24) is 44.5 Å². The largest absolute Gasteiger partial charge is 0.382 e. The monoisotopic (exact) mass is 609 g/mol. The van der Waals surface area contributed by atoms with Gasteiger partial charge in [-0.05, 0) is 12.8 Å². The van der Waals surface area contributed by atoms with Gasteiger partial charge in [0.25, 0.3) is 5.56 Å². The number of hydrogen-bond acceptors (Lipinski definition) is 16. The fourth-order valence-corrected chi connectivity index (χ4v) is 6.20. The number of nitrogens with zero attached hydrogens (tertiary/aromatic N) is 8. The molecule has 42 heavy (non-hydrogen) atoms. The quantitative estimate of drug-likeness (QED) is 0.177. The van der Waals surface area contributed by atoms with Gasteiger partial charge in [-0.15, -0.1) is 5.10 Å². The Morgan fingerprint density at radius 1 is 1.07 bits per heavy atom. The molecule has 7 heterocycles. The van der Waals surface area contributed by atoms with Gasteiger partial charge in [0.1, 0.15) is 17.9 Å². The van der Waals surface area contributed by atoms with Crippen molar-refractivity contribution in [3.8, 4) is 0 Å². The first-order valence-electron chi connectivity index (χ1n) is 12.9. The third-order valence-corrected chi connectivity index (χ3v) is 8.21. The number of aromatic amines is 1. The number of H-pyrrole nitrogens is 1. The normalized spacial score (nSPS) is 34.2. The molecule has 19 nitrogen and oxygen atoms in total. The molecule has 3 fully saturated rings. The number of alkyl halides is 1. The first-order valence-corrected chi connectivity index (χ1v) is 14.0. The van der Waals surface area contributed by atoms with E-state index in [9.17, 15) is 14.8 Å². The van der Waals surface area contributed by atoms with E-state index in [0.717, 1.165) is 0 Å². The van der Waals surface area contributed by atoms with Crippen LogP contribution in [0.1, 0.15) is 31.7 Å². The van der Waals surface area contributed by atoms with Gasteiger partial charge in [0.05, 0.1) is 19.0 Å². The molecule has 4 aromatic heterocycles. The molecule has 3 unspecified atom stereocenters. The SMILES string of the molecule is Nc1nc2c(nnn2[C@@H]2OC3C[C@H]2OP(O)OC[C@H]2O[C@@H](n4cnc5c(N)ncnc54)[C@@H](F)[C@@H]2CCC(O)O3)c(=O)[nH]1. The van der Waals surface area contributed by atoms with Gasteiger partial charge in [-0.2, -0.15) is 9.67 Å². The van der Waals surface area contributed by atoms with Crippen molar-refractivity contribution >= 4 is 42.7 Å². The molecular weight excluding hydrogens is 584 g/mol. The molecule has 3 aliphatic heterocycles. The van der Waals surface area contributed by atoms with Gasteiger partial charge in [0, 0.05) is 12.3 Å². The van der Waals surface area contributed by atoms with E-state index in [4.69, 9.17) is 34.7 Å². The fraction of sp³-hybridized carbons (Fsp3) is 0.571. The summed E-state index contributed by atoms with van der Waals surface area (Å²) in [5, 5.41) is 18.5. The summed E-state index contributed by atoms with van der Waals surface area (Å²) in [7, 11) is -2.54. The van der Waals surface area contributed by atoms with Crippen LogP contribution >= 0.6 is 8.60 Å². The Kier molecular flexibility index (Phi) is 6.94. The summed E-state index contributed by atoms with van der Waals surface area (Å²) in [6, 6.07) is 0. The zero-order valence-electron chi connectivity index (χ0n) is 21.5. The highest BCUT2D eigenvalue weighted by atomic mass is 31.2. The Bertz CT molecular complexity index is 1670. The first kappa shape index (κ1) is 27.3. The summed E-state index contributed by atoms with van der Waals surface area (Å²) in [6.07, 6.45) is -5.09. The molecule has 21 heteroatoms. The van der Waals surface area contributed by atoms with E-state index >= 15 is 4.39 Å². The van der Waals surface area contributed by atoms with Crippen molar-refractivity contribution in [2.75, 3.05) is 18.1 Å². The average molecular weight is 609 g/mol. The molecule has 0 amide bonds. The number of nitrogens with two attached hydrogens (primary N) is 2. The average Bonchev–Trinajstić information content (AvgIpc) is 3.71. The van der Waals surface area contributed by atoms with Crippen LogP contribution in [0.2, 0.25) is 0 Å². The van der Waals surface area contributed by atoms with E-state index in [2.05, 4.69) is 35.2 Å². The molecule has 9 atom stereocenters. The highest BCUT2D eigenvalue weighted by molar-refractivity contribution is 7.40. The molecule has 0 aliphatic carbocycles. The molecule has 7 N–H and O–H groups in total. The summed E-state index contributed by atoms with van der Waals surface area (Å²) >= 11 is 0. The lowest BCUT2D eigenvalue weighted by atomic mass is 9.93. The van der Waals surface area contributed by atoms with Gasteiger partial charge in [-0.1, -0.05) is 5.21 Å². The minimum absolute atomic E-state index is 0.0154. The van der Waals surface area contributed by atoms with Crippen molar-refractivity contribution in [1.29, 1.82) is 0 Å². The second-order valence-corrected chi connectivity index (χ2v) is 10.9. The van der Waals surface area contributed by atoms with Crippen LogP contribution in [0.25, 0.3) is 22.3 Å². The van der Waals surface area contributed by atoms with Gasteiger partial charge in [0.15, 0.2) is 53.8 Å². The van der Waals surface area contributed by atoms with Crippen molar-refractivity contribution in [2.24, 2.45) is 5.92 Å². The van der Waals surface area contributed by atoms with E-state index in [-0.39, 0.29) is 48.8 Å². The topological polar surface area (TPSA) is 259 Å². The van der Waals surface area contributed by atoms with Gasteiger partial charge in [-0.25, -0.2) is 19.3 Å². The molecule has 7 rings (SSSR count). The van der Waals surface area contributed by atoms with Crippen molar-refractivity contribution in [3.05, 3.63) is 23.0 Å². The number of nitrogens with one attached hydrogen (secondary N) is 1. The van der Waals surface area contributed by atoms with Crippen LogP contribution in [-0.2, 0) is 23.3 Å². The highest BCUT2D eigenvalue weighted by Gasteiger charge is 2.48. The lowest BCUT2D eigenvalue weighted by molar-refractivity contribution is -0.233. The second kappa shape index (κ2) is 10.7. The number of aliphatic hydroxyl groups excluding tert-OH is 1. The summed E-state index contributed by atoms with van der Waals surface area (Å²) in [6.45, 7) is -0.230. The van der Waals surface area contributed by atoms with E-state index in [0.29, 0.717) is 11.2 Å². The van der Waals surface area contributed by atoms with E-state index in [1.165, 1.54) is 21.9 Å². The van der Waals surface area contributed by atoms with Gasteiger partial charge < -0.3 is 44.7 Å². The smallest absolute Gasteiger partial charge is 0.330 e. The number of aliphatic hydroxyl groups is 1. The van der Waals surface area contributed by atoms with Crippen molar-refractivity contribution < 1.29 is 37.6 Å². The highest BCUT2D eigenvalue weighted by Crippen LogP contribution is 2.46. The molecule has 3 saturated heterocycles. The van der Waals surface area contributed by atoms with Crippen molar-refractivity contribution in [2.45, 2.75) is 62.7 Å². The van der Waals surface area contributed by atoms with Crippen LogP contribution < -0.4 is 17.0 Å². The number of imidazole rings is 1. The first-order chi connectivity index (χ1) is 20.3. The van der Waals surface area contributed by atoms with Gasteiger partial charge in [-0.3, -0.25) is 14.3 Å². The van der Waals surface area contributed by atoms with Gasteiger partial charge in [0.2, 0.25) is 5.95 Å². The maximum Gasteiger partial charge on any atom is 0.330 e. The number of hydrogen-bond donors (Lipinski definition) is 5. The third kappa shape index (κ3) is 4.74. The predicted octanol–water partition coefficient (Wildman–Crippen LogP) is -0.635. The third-order valence-electron chi connectivity index (χ3n) is 7.39. The minimum Gasteiger partial charge on any atom is -0.382 e. The molecule has 224 valence electrons. The Balaban J connectivity index is 1.13. The Morgan fingerprint density at radius 3 is 2.79 bits per heavy atom. The number of halogens is 1. The fourth-order valence-electron chi connectivity index (χ4n) is 5.45. The van der Waals surface area contributed by atoms with E-state index in [1.807, 2.05) is 0 Å². The summed E-state index contributed by atoms with van der Waals surface area (Å²) in [5.74, 6) is -0.780. The zero-order chi connectivity index (χ0) is 29.1. The standard InChI is InChI=1S/C21H25FN11O8P/c22-12-7-1-2-10(34)39-11-3-8(19(40-11)33-17-14(30-31-33)18(35)29-21(24)28-17)41-42(36)37-4-9(7)38-20(12)32-6-27-13-15(23)25-5-26-16(13)32/h5-12,19-20,34,36H,1-4H2,(H2,23,25,26)(H3,24,28,29,35)/t7-,8-,9-,10?,11?,12+,19-,20-,42?/m1/s1. The van der Waals surface area contributed by atoms with Crippen LogP contribution in [0.5, 0.6) is 0 Å². The number of rotatable bonds is 2. The maximum absolute atomic E-state index is 15.9. The van der Waals surface area contributed by atoms with Crippen LogP contribution in [0.4, 0.5) is 16.2 Å². The number of fused-ring (bicyclic) bond motifs is 5. The molecule has 0 saturated carbocycles. The predicted molar refractivity (Wildman–Crippen MR) is 137 cm³/mol. The van der Waals surface area contributed by atoms with Crippen LogP contribution in [-0.4, -0.2) is 92.0 Å². The van der Waals surface area contributed by atoms with Crippen LogP contribution in [0.15, 0.2) is 17.4 Å². The molecule has 2 bridgehead atoms. The lowest BCUT2D eigenvalue weighted by Crippen LogP contribution is -2.29. The van der Waals surface area contributed by atoms with Crippen LogP contribution in [0, 0.1) is 5.92 Å². The van der Waals surface area contributed by atoms with Crippen LogP contribution in [0.3, 0.4) is 0 Å². The molecule has 0 aromatic carbocycles. The summed E-state index contributed by atoms with van der Waals surface area (Å²) < 4.78 is 47.5. The Hall–Kier alpha value is -3.49. The lowest BCUT2D eigenvalue weighted by Gasteiger charge is -2.24. The number of anilines is 2. The minimum atomic E-state index is -2.54. The second-order valence-electron chi connectivity index (χ2n) is 9.95. The van der Waals surface area contributed by atoms with E-state index < -0.39 is 63.5 Å². The molecular formula is C21H25FN11O8P. The summed E-state index contributed by atoms with van der Waals surface area (Å²) in [5.41, 5.74) is 11.5. The molecule has 0 radical (unpaired) electrons. The van der Waals surface area contributed by atoms with Gasteiger partial charge >= 0.3 is 8.60 Å². The number of ether oxygens (including phenoxy) is 3. The maximum atomic E-state index is 15.9. The Morgan fingerprint density at radius 2 is 1.93 bits per heavy atom.